The van der Waals surface area contributed by atoms with Crippen molar-refractivity contribution in [3.63, 3.8) is 0 Å². The van der Waals surface area contributed by atoms with Crippen molar-refractivity contribution in [1.29, 1.82) is 0 Å². The topological polar surface area (TPSA) is 44.5 Å². The first kappa shape index (κ1) is 14.0. The van der Waals surface area contributed by atoms with Gasteiger partial charge in [-0.3, -0.25) is 0 Å². The van der Waals surface area contributed by atoms with Gasteiger partial charge in [-0.2, -0.15) is 0 Å². The predicted molar refractivity (Wildman–Crippen MR) is 79.3 cm³/mol. The minimum atomic E-state index is -0.197. The molecule has 4 heteroatoms. The van der Waals surface area contributed by atoms with Crippen LogP contribution in [0.25, 0.3) is 10.8 Å². The molecule has 2 N–H and O–H groups in total. The summed E-state index contributed by atoms with van der Waals surface area (Å²) in [4.78, 5) is 0. The molecule has 0 aromatic heterocycles. The van der Waals surface area contributed by atoms with Gasteiger partial charge in [0.15, 0.2) is 11.5 Å². The van der Waals surface area contributed by atoms with E-state index in [1.165, 1.54) is 0 Å². The maximum atomic E-state index is 6.29. The average Bonchev–Trinajstić information content (AvgIpc) is 2.44. The summed E-state index contributed by atoms with van der Waals surface area (Å²) >= 11 is 6.29. The van der Waals surface area contributed by atoms with E-state index >= 15 is 0 Å². The van der Waals surface area contributed by atoms with Crippen molar-refractivity contribution in [3.8, 4) is 11.5 Å². The van der Waals surface area contributed by atoms with Crippen LogP contribution in [0.1, 0.15) is 17.9 Å². The number of nitrogens with two attached hydrogens (primary N) is 1. The molecule has 0 aliphatic rings. The van der Waals surface area contributed by atoms with Crippen LogP contribution < -0.4 is 15.2 Å². The summed E-state index contributed by atoms with van der Waals surface area (Å²) in [6, 6.07) is 9.85. The summed E-state index contributed by atoms with van der Waals surface area (Å²) in [5.74, 6) is 1.43. The monoisotopic (exact) mass is 279 g/mol. The third kappa shape index (κ3) is 2.77. The Morgan fingerprint density at radius 3 is 2.11 bits per heavy atom. The Kier molecular flexibility index (Phi) is 4.17. The summed E-state index contributed by atoms with van der Waals surface area (Å²) in [6.45, 7) is 1.90. The van der Waals surface area contributed by atoms with Crippen molar-refractivity contribution >= 4 is 22.4 Å². The number of methoxy groups -OCH3 is 2. The van der Waals surface area contributed by atoms with E-state index < -0.39 is 0 Å². The van der Waals surface area contributed by atoms with Gasteiger partial charge in [0, 0.05) is 6.04 Å². The van der Waals surface area contributed by atoms with E-state index in [1.807, 2.05) is 37.3 Å². The van der Waals surface area contributed by atoms with Crippen LogP contribution in [0.3, 0.4) is 0 Å². The maximum absolute atomic E-state index is 6.29. The number of ether oxygens (including phenoxy) is 2. The number of hydrogen-bond donors (Lipinski definition) is 1. The normalized spacial score (nSPS) is 14.2. The van der Waals surface area contributed by atoms with Gasteiger partial charge in [0.1, 0.15) is 0 Å². The second-order valence-electron chi connectivity index (χ2n) is 4.57. The summed E-state index contributed by atoms with van der Waals surface area (Å²) in [5, 5.41) is 1.94. The first-order valence-electron chi connectivity index (χ1n) is 6.12. The van der Waals surface area contributed by atoms with Crippen molar-refractivity contribution < 1.29 is 9.47 Å². The Balaban J connectivity index is 2.53. The van der Waals surface area contributed by atoms with Gasteiger partial charge in [0.05, 0.1) is 19.6 Å². The van der Waals surface area contributed by atoms with Crippen molar-refractivity contribution in [2.75, 3.05) is 14.2 Å². The van der Waals surface area contributed by atoms with E-state index in [4.69, 9.17) is 26.8 Å². The number of fused-ring (bicyclic) bond motifs is 1. The number of alkyl halides is 1. The van der Waals surface area contributed by atoms with Crippen molar-refractivity contribution in [1.82, 2.24) is 0 Å². The smallest absolute Gasteiger partial charge is 0.161 e. The molecule has 2 unspecified atom stereocenters. The molecule has 0 fully saturated rings. The van der Waals surface area contributed by atoms with E-state index in [0.29, 0.717) is 5.75 Å². The highest BCUT2D eigenvalue weighted by atomic mass is 35.5. The van der Waals surface area contributed by atoms with Crippen LogP contribution in [-0.2, 0) is 0 Å². The van der Waals surface area contributed by atoms with Gasteiger partial charge >= 0.3 is 0 Å². The fourth-order valence-electron chi connectivity index (χ4n) is 2.07. The SMILES string of the molecule is COc1cc2ccc(C(Cl)C(C)N)cc2cc1OC. The lowest BCUT2D eigenvalue weighted by Gasteiger charge is -2.15. The number of benzene rings is 2. The fourth-order valence-corrected chi connectivity index (χ4v) is 2.20. The van der Waals surface area contributed by atoms with E-state index in [-0.39, 0.29) is 11.4 Å². The maximum Gasteiger partial charge on any atom is 0.161 e. The standard InChI is InChI=1S/C15H18ClNO2/c1-9(17)15(16)11-5-4-10-7-13(18-2)14(19-3)8-12(10)6-11/h4-9,15H,17H2,1-3H3. The van der Waals surface area contributed by atoms with Crippen LogP contribution >= 0.6 is 11.6 Å². The third-order valence-electron chi connectivity index (χ3n) is 3.15. The van der Waals surface area contributed by atoms with Crippen molar-refractivity contribution in [2.24, 2.45) is 5.73 Å². The van der Waals surface area contributed by atoms with E-state index in [0.717, 1.165) is 22.1 Å². The van der Waals surface area contributed by atoms with E-state index in [9.17, 15) is 0 Å². The van der Waals surface area contributed by atoms with E-state index in [1.54, 1.807) is 14.2 Å². The van der Waals surface area contributed by atoms with Crippen LogP contribution in [0.2, 0.25) is 0 Å². The molecule has 0 saturated heterocycles. The van der Waals surface area contributed by atoms with Crippen LogP contribution in [0.4, 0.5) is 0 Å². The summed E-state index contributed by atoms with van der Waals surface area (Å²) in [5.41, 5.74) is 6.85. The summed E-state index contributed by atoms with van der Waals surface area (Å²) < 4.78 is 10.6. The Bertz CT molecular complexity index is 584. The molecule has 0 aliphatic carbocycles. The minimum absolute atomic E-state index is 0.0979. The molecule has 19 heavy (non-hydrogen) atoms. The summed E-state index contributed by atoms with van der Waals surface area (Å²) in [7, 11) is 3.25. The zero-order valence-electron chi connectivity index (χ0n) is 11.3. The van der Waals surface area contributed by atoms with Gasteiger partial charge in [-0.15, -0.1) is 11.6 Å². The van der Waals surface area contributed by atoms with Crippen LogP contribution in [0, 0.1) is 0 Å². The van der Waals surface area contributed by atoms with Gasteiger partial charge < -0.3 is 15.2 Å². The molecule has 102 valence electrons. The Labute approximate surface area is 118 Å². The number of halogens is 1. The molecule has 2 aromatic rings. The Morgan fingerprint density at radius 1 is 1.00 bits per heavy atom. The average molecular weight is 280 g/mol. The lowest BCUT2D eigenvalue weighted by molar-refractivity contribution is 0.356. The Morgan fingerprint density at radius 2 is 1.58 bits per heavy atom. The predicted octanol–water partition coefficient (Wildman–Crippen LogP) is 3.48. The molecule has 0 saturated carbocycles. The highest BCUT2D eigenvalue weighted by molar-refractivity contribution is 6.21. The molecule has 2 atom stereocenters. The highest BCUT2D eigenvalue weighted by Gasteiger charge is 2.14. The van der Waals surface area contributed by atoms with Crippen molar-refractivity contribution in [2.45, 2.75) is 18.3 Å². The largest absolute Gasteiger partial charge is 0.493 e. The molecule has 0 bridgehead atoms. The van der Waals surface area contributed by atoms with Crippen LogP contribution in [-0.4, -0.2) is 20.3 Å². The molecule has 3 nitrogen and oxygen atoms in total. The summed E-state index contributed by atoms with van der Waals surface area (Å²) in [6.07, 6.45) is 0. The molecule has 0 heterocycles. The van der Waals surface area contributed by atoms with E-state index in [2.05, 4.69) is 0 Å². The first-order chi connectivity index (χ1) is 9.06. The molecular weight excluding hydrogens is 262 g/mol. The lowest BCUT2D eigenvalue weighted by Crippen LogP contribution is -2.20. The van der Waals surface area contributed by atoms with Crippen LogP contribution in [0.5, 0.6) is 11.5 Å². The molecular formula is C15H18ClNO2. The molecule has 2 rings (SSSR count). The van der Waals surface area contributed by atoms with Crippen LogP contribution in [0.15, 0.2) is 30.3 Å². The zero-order valence-corrected chi connectivity index (χ0v) is 12.1. The number of hydrogen-bond acceptors (Lipinski definition) is 3. The third-order valence-corrected chi connectivity index (χ3v) is 3.80. The minimum Gasteiger partial charge on any atom is -0.493 e. The van der Waals surface area contributed by atoms with Crippen molar-refractivity contribution in [3.05, 3.63) is 35.9 Å². The quantitative estimate of drug-likeness (QED) is 0.872. The second kappa shape index (κ2) is 5.68. The van der Waals surface area contributed by atoms with Gasteiger partial charge in [0.25, 0.3) is 0 Å². The Hall–Kier alpha value is -1.45. The fraction of sp³-hybridized carbons (Fsp3) is 0.333. The molecule has 0 amide bonds. The van der Waals surface area contributed by atoms with Gasteiger partial charge in [-0.1, -0.05) is 12.1 Å². The highest BCUT2D eigenvalue weighted by Crippen LogP contribution is 2.34. The van der Waals surface area contributed by atoms with Gasteiger partial charge in [-0.25, -0.2) is 0 Å². The molecule has 0 aliphatic heterocycles. The van der Waals surface area contributed by atoms with Gasteiger partial charge in [0.2, 0.25) is 0 Å². The first-order valence-corrected chi connectivity index (χ1v) is 6.55. The molecule has 0 spiro atoms. The molecule has 2 aromatic carbocycles. The van der Waals surface area contributed by atoms with Gasteiger partial charge in [-0.05, 0) is 41.5 Å². The second-order valence-corrected chi connectivity index (χ2v) is 5.04. The zero-order chi connectivity index (χ0) is 14.0. The number of rotatable bonds is 4. The lowest BCUT2D eigenvalue weighted by atomic mass is 10.0. The molecule has 0 radical (unpaired) electrons.